The summed E-state index contributed by atoms with van der Waals surface area (Å²) in [4.78, 5) is 12.0. The smallest absolute Gasteiger partial charge is 0.251 e. The molecule has 0 bridgehead atoms. The molecule has 3 rings (SSSR count). The van der Waals surface area contributed by atoms with Crippen LogP contribution < -0.4 is 10.1 Å². The SMILES string of the molecule is COc1ccc(C(=O)NCCc2nnc3ccccn23)cc1. The van der Waals surface area contributed by atoms with E-state index in [0.29, 0.717) is 18.5 Å². The quantitative estimate of drug-likeness (QED) is 0.778. The minimum absolute atomic E-state index is 0.114. The number of aromatic nitrogens is 3. The highest BCUT2D eigenvalue weighted by molar-refractivity contribution is 5.94. The molecule has 0 aliphatic rings. The lowest BCUT2D eigenvalue weighted by atomic mass is 10.2. The topological polar surface area (TPSA) is 68.5 Å². The van der Waals surface area contributed by atoms with Gasteiger partial charge in [0, 0.05) is 24.7 Å². The van der Waals surface area contributed by atoms with Crippen molar-refractivity contribution in [2.75, 3.05) is 13.7 Å². The number of carbonyl (C=O) groups is 1. The van der Waals surface area contributed by atoms with Gasteiger partial charge in [0.25, 0.3) is 5.91 Å². The van der Waals surface area contributed by atoms with Gasteiger partial charge in [-0.25, -0.2) is 0 Å². The Balaban J connectivity index is 1.59. The molecule has 0 aliphatic heterocycles. The number of nitrogens with one attached hydrogen (secondary N) is 1. The van der Waals surface area contributed by atoms with Crippen molar-refractivity contribution >= 4 is 11.6 Å². The van der Waals surface area contributed by atoms with Crippen molar-refractivity contribution in [3.05, 3.63) is 60.0 Å². The first-order chi connectivity index (χ1) is 10.8. The molecule has 22 heavy (non-hydrogen) atoms. The lowest BCUT2D eigenvalue weighted by molar-refractivity contribution is 0.0954. The van der Waals surface area contributed by atoms with E-state index < -0.39 is 0 Å². The number of benzene rings is 1. The van der Waals surface area contributed by atoms with Crippen LogP contribution in [0.5, 0.6) is 5.75 Å². The number of carbonyl (C=O) groups excluding carboxylic acids is 1. The molecule has 1 N–H and O–H groups in total. The van der Waals surface area contributed by atoms with Crippen LogP contribution in [-0.2, 0) is 6.42 Å². The molecule has 3 aromatic rings. The molecule has 1 aromatic carbocycles. The zero-order chi connectivity index (χ0) is 15.4. The van der Waals surface area contributed by atoms with E-state index >= 15 is 0 Å². The summed E-state index contributed by atoms with van der Waals surface area (Å²) in [5, 5.41) is 11.1. The van der Waals surface area contributed by atoms with E-state index in [0.717, 1.165) is 17.2 Å². The molecule has 6 heteroatoms. The summed E-state index contributed by atoms with van der Waals surface area (Å²) in [6.07, 6.45) is 2.53. The molecule has 0 saturated carbocycles. The molecular weight excluding hydrogens is 280 g/mol. The van der Waals surface area contributed by atoms with Gasteiger partial charge in [0.1, 0.15) is 11.6 Å². The molecule has 6 nitrogen and oxygen atoms in total. The molecule has 0 radical (unpaired) electrons. The van der Waals surface area contributed by atoms with Crippen LogP contribution in [0.1, 0.15) is 16.2 Å². The maximum atomic E-state index is 12.0. The Morgan fingerprint density at radius 1 is 1.18 bits per heavy atom. The van der Waals surface area contributed by atoms with Crippen LogP contribution in [0, 0.1) is 0 Å². The van der Waals surface area contributed by atoms with Crippen molar-refractivity contribution in [3.8, 4) is 5.75 Å². The van der Waals surface area contributed by atoms with E-state index in [4.69, 9.17) is 4.74 Å². The Bertz CT molecular complexity index is 780. The van der Waals surface area contributed by atoms with Crippen LogP contribution in [0.3, 0.4) is 0 Å². The fourth-order valence-electron chi connectivity index (χ4n) is 2.19. The third-order valence-corrected chi connectivity index (χ3v) is 3.37. The second kappa shape index (κ2) is 6.26. The molecule has 1 amide bonds. The van der Waals surface area contributed by atoms with Gasteiger partial charge in [0.15, 0.2) is 5.65 Å². The highest BCUT2D eigenvalue weighted by atomic mass is 16.5. The van der Waals surface area contributed by atoms with Gasteiger partial charge in [-0.15, -0.1) is 10.2 Å². The Hall–Kier alpha value is -2.89. The van der Waals surface area contributed by atoms with Crippen molar-refractivity contribution in [3.63, 3.8) is 0 Å². The average Bonchev–Trinajstić information content (AvgIpc) is 2.98. The molecule has 0 unspecified atom stereocenters. The van der Waals surface area contributed by atoms with Gasteiger partial charge in [-0.3, -0.25) is 9.20 Å². The van der Waals surface area contributed by atoms with Crippen LogP contribution >= 0.6 is 0 Å². The van der Waals surface area contributed by atoms with Gasteiger partial charge in [-0.1, -0.05) is 6.07 Å². The third-order valence-electron chi connectivity index (χ3n) is 3.37. The predicted molar refractivity (Wildman–Crippen MR) is 82.0 cm³/mol. The fraction of sp³-hybridized carbons (Fsp3) is 0.188. The number of hydrogen-bond donors (Lipinski definition) is 1. The summed E-state index contributed by atoms with van der Waals surface area (Å²) < 4.78 is 6.99. The van der Waals surface area contributed by atoms with Gasteiger partial charge in [0.2, 0.25) is 0 Å². The molecule has 0 saturated heterocycles. The number of rotatable bonds is 5. The summed E-state index contributed by atoms with van der Waals surface area (Å²) in [6, 6.07) is 12.7. The fourth-order valence-corrected chi connectivity index (χ4v) is 2.19. The second-order valence-electron chi connectivity index (χ2n) is 4.78. The van der Waals surface area contributed by atoms with Crippen molar-refractivity contribution in [2.24, 2.45) is 0 Å². The summed E-state index contributed by atoms with van der Waals surface area (Å²) in [6.45, 7) is 0.501. The lowest BCUT2D eigenvalue weighted by Gasteiger charge is -2.05. The summed E-state index contributed by atoms with van der Waals surface area (Å²) in [5.41, 5.74) is 1.41. The average molecular weight is 296 g/mol. The van der Waals surface area contributed by atoms with Crippen LogP contribution in [0.15, 0.2) is 48.7 Å². The Morgan fingerprint density at radius 2 is 2.00 bits per heavy atom. The van der Waals surface area contributed by atoms with E-state index in [2.05, 4.69) is 15.5 Å². The number of pyridine rings is 1. The monoisotopic (exact) mass is 296 g/mol. The Labute approximate surface area is 127 Å². The van der Waals surface area contributed by atoms with E-state index in [9.17, 15) is 4.79 Å². The molecule has 0 fully saturated rings. The maximum absolute atomic E-state index is 12.0. The first kappa shape index (κ1) is 14.1. The molecule has 2 heterocycles. The first-order valence-corrected chi connectivity index (χ1v) is 6.99. The lowest BCUT2D eigenvalue weighted by Crippen LogP contribution is -2.26. The van der Waals surface area contributed by atoms with E-state index in [-0.39, 0.29) is 5.91 Å². The third kappa shape index (κ3) is 2.90. The first-order valence-electron chi connectivity index (χ1n) is 6.99. The number of methoxy groups -OCH3 is 1. The van der Waals surface area contributed by atoms with Gasteiger partial charge in [0.05, 0.1) is 7.11 Å². The number of ether oxygens (including phenoxy) is 1. The van der Waals surface area contributed by atoms with E-state index in [1.165, 1.54) is 0 Å². The largest absolute Gasteiger partial charge is 0.497 e. The van der Waals surface area contributed by atoms with Gasteiger partial charge < -0.3 is 10.1 Å². The number of fused-ring (bicyclic) bond motifs is 1. The highest BCUT2D eigenvalue weighted by Gasteiger charge is 2.07. The summed E-state index contributed by atoms with van der Waals surface area (Å²) in [7, 11) is 1.60. The van der Waals surface area contributed by atoms with E-state index in [1.54, 1.807) is 31.4 Å². The van der Waals surface area contributed by atoms with Gasteiger partial charge in [-0.05, 0) is 36.4 Å². The van der Waals surface area contributed by atoms with Crippen molar-refractivity contribution in [2.45, 2.75) is 6.42 Å². The number of amides is 1. The second-order valence-corrected chi connectivity index (χ2v) is 4.78. The molecule has 2 aromatic heterocycles. The predicted octanol–water partition coefficient (Wildman–Crippen LogP) is 1.71. The zero-order valence-electron chi connectivity index (χ0n) is 12.2. The standard InChI is InChI=1S/C16H16N4O2/c1-22-13-7-5-12(6-8-13)16(21)17-10-9-15-19-18-14-4-2-3-11-20(14)15/h2-8,11H,9-10H2,1H3,(H,17,21). The van der Waals surface area contributed by atoms with Crippen molar-refractivity contribution < 1.29 is 9.53 Å². The maximum Gasteiger partial charge on any atom is 0.251 e. The molecule has 0 atom stereocenters. The van der Waals surface area contributed by atoms with Crippen LogP contribution in [-0.4, -0.2) is 34.2 Å². The van der Waals surface area contributed by atoms with Gasteiger partial charge >= 0.3 is 0 Å². The minimum atomic E-state index is -0.114. The summed E-state index contributed by atoms with van der Waals surface area (Å²) in [5.74, 6) is 1.44. The van der Waals surface area contributed by atoms with Gasteiger partial charge in [-0.2, -0.15) is 0 Å². The highest BCUT2D eigenvalue weighted by Crippen LogP contribution is 2.11. The summed E-state index contributed by atoms with van der Waals surface area (Å²) >= 11 is 0. The molecular formula is C16H16N4O2. The van der Waals surface area contributed by atoms with Crippen molar-refractivity contribution in [1.82, 2.24) is 19.9 Å². The molecule has 0 aliphatic carbocycles. The number of nitrogens with zero attached hydrogens (tertiary/aromatic N) is 3. The normalized spacial score (nSPS) is 10.6. The van der Waals surface area contributed by atoms with Crippen LogP contribution in [0.25, 0.3) is 5.65 Å². The molecule has 112 valence electrons. The minimum Gasteiger partial charge on any atom is -0.497 e. The van der Waals surface area contributed by atoms with Crippen LogP contribution in [0.2, 0.25) is 0 Å². The van der Waals surface area contributed by atoms with E-state index in [1.807, 2.05) is 28.8 Å². The zero-order valence-corrected chi connectivity index (χ0v) is 12.2. The molecule has 0 spiro atoms. The Morgan fingerprint density at radius 3 is 2.77 bits per heavy atom. The Kier molecular flexibility index (Phi) is 4.00. The van der Waals surface area contributed by atoms with Crippen molar-refractivity contribution in [1.29, 1.82) is 0 Å². The number of hydrogen-bond acceptors (Lipinski definition) is 4. The van der Waals surface area contributed by atoms with Crippen LogP contribution in [0.4, 0.5) is 0 Å².